The van der Waals surface area contributed by atoms with Crippen LogP contribution in [0.4, 0.5) is 0 Å². The molecule has 0 aromatic heterocycles. The molecule has 0 aliphatic heterocycles. The Morgan fingerprint density at radius 3 is 1.48 bits per heavy atom. The van der Waals surface area contributed by atoms with Crippen molar-refractivity contribution in [1.29, 1.82) is 0 Å². The molecule has 0 aliphatic rings. The molecule has 0 aliphatic carbocycles. The van der Waals surface area contributed by atoms with Crippen LogP contribution < -0.4 is 0 Å². The van der Waals surface area contributed by atoms with Gasteiger partial charge in [-0.2, -0.15) is 0 Å². The van der Waals surface area contributed by atoms with Crippen LogP contribution in [0.15, 0.2) is 91.0 Å². The molecule has 1 N–H and O–H groups in total. The van der Waals surface area contributed by atoms with Gasteiger partial charge in [-0.1, -0.05) is 91.0 Å². The molecule has 0 amide bonds. The van der Waals surface area contributed by atoms with E-state index in [-0.39, 0.29) is 19.8 Å². The Morgan fingerprint density at radius 2 is 1.06 bits per heavy atom. The molecular weight excluding hydrogens is 392 g/mol. The Balaban J connectivity index is 1.71. The minimum atomic E-state index is -0.892. The van der Waals surface area contributed by atoms with Crippen LogP contribution in [0.5, 0.6) is 0 Å². The van der Waals surface area contributed by atoms with Crippen molar-refractivity contribution >= 4 is 6.29 Å². The first-order valence-corrected chi connectivity index (χ1v) is 10.3. The number of carbonyl (C=O) groups is 1. The molecule has 31 heavy (non-hydrogen) atoms. The third-order valence-corrected chi connectivity index (χ3v) is 4.88. The smallest absolute Gasteiger partial charge is 0.151 e. The number of hydrogen-bond acceptors (Lipinski definition) is 5. The Labute approximate surface area is 183 Å². The van der Waals surface area contributed by atoms with Crippen LogP contribution in [0.25, 0.3) is 0 Å². The van der Waals surface area contributed by atoms with Crippen molar-refractivity contribution in [2.45, 2.75) is 38.1 Å². The number of benzene rings is 3. The zero-order valence-electron chi connectivity index (χ0n) is 17.4. The maximum Gasteiger partial charge on any atom is 0.151 e. The summed E-state index contributed by atoms with van der Waals surface area (Å²) in [6, 6.07) is 28.9. The summed E-state index contributed by atoms with van der Waals surface area (Å²) in [5.41, 5.74) is 2.87. The molecule has 0 fully saturated rings. The Morgan fingerprint density at radius 1 is 0.645 bits per heavy atom. The maximum absolute atomic E-state index is 11.9. The summed E-state index contributed by atoms with van der Waals surface area (Å²) in [7, 11) is 0. The Kier molecular flexibility index (Phi) is 9.41. The molecule has 3 unspecified atom stereocenters. The molecule has 0 spiro atoms. The normalized spacial score (nSPS) is 14.0. The van der Waals surface area contributed by atoms with Gasteiger partial charge >= 0.3 is 0 Å². The van der Waals surface area contributed by atoms with Gasteiger partial charge in [0.15, 0.2) is 6.29 Å². The van der Waals surface area contributed by atoms with Gasteiger partial charge in [-0.3, -0.25) is 0 Å². The molecule has 3 rings (SSSR count). The average Bonchev–Trinajstić information content (AvgIpc) is 2.84. The van der Waals surface area contributed by atoms with E-state index >= 15 is 0 Å². The van der Waals surface area contributed by atoms with Gasteiger partial charge in [0.1, 0.15) is 18.3 Å². The first-order valence-electron chi connectivity index (χ1n) is 10.3. The molecule has 3 aromatic rings. The summed E-state index contributed by atoms with van der Waals surface area (Å²) in [5, 5.41) is 10.0. The van der Waals surface area contributed by atoms with E-state index in [2.05, 4.69) is 0 Å². The van der Waals surface area contributed by atoms with E-state index in [9.17, 15) is 9.90 Å². The van der Waals surface area contributed by atoms with Crippen molar-refractivity contribution in [3.63, 3.8) is 0 Å². The topological polar surface area (TPSA) is 65.0 Å². The summed E-state index contributed by atoms with van der Waals surface area (Å²) in [6.45, 7) is 0.523. The van der Waals surface area contributed by atoms with E-state index in [0.717, 1.165) is 16.7 Å². The number of carbonyl (C=O) groups excluding carboxylic acids is 1. The van der Waals surface area contributed by atoms with Gasteiger partial charge in [0.2, 0.25) is 0 Å². The summed E-state index contributed by atoms with van der Waals surface area (Å²) in [5.74, 6) is 0. The highest BCUT2D eigenvalue weighted by atomic mass is 16.6. The lowest BCUT2D eigenvalue weighted by atomic mass is 10.1. The average molecular weight is 421 g/mol. The highest BCUT2D eigenvalue weighted by Gasteiger charge is 2.32. The fraction of sp³-hybridized carbons (Fsp3) is 0.269. The minimum absolute atomic E-state index is 0.256. The van der Waals surface area contributed by atoms with E-state index in [4.69, 9.17) is 14.2 Å². The fourth-order valence-corrected chi connectivity index (χ4v) is 3.19. The van der Waals surface area contributed by atoms with E-state index < -0.39 is 18.3 Å². The predicted octanol–water partition coefficient (Wildman–Crippen LogP) is 3.93. The van der Waals surface area contributed by atoms with Crippen LogP contribution in [-0.4, -0.2) is 36.3 Å². The number of aliphatic hydroxyl groups excluding tert-OH is 1. The van der Waals surface area contributed by atoms with Crippen LogP contribution in [0.2, 0.25) is 0 Å². The van der Waals surface area contributed by atoms with Crippen LogP contribution in [0.1, 0.15) is 16.7 Å². The molecule has 0 heterocycles. The van der Waals surface area contributed by atoms with Crippen molar-refractivity contribution < 1.29 is 24.1 Å². The lowest BCUT2D eigenvalue weighted by Crippen LogP contribution is -2.45. The Hall–Kier alpha value is -2.83. The zero-order chi connectivity index (χ0) is 21.7. The first-order chi connectivity index (χ1) is 15.3. The molecule has 0 radical (unpaired) electrons. The summed E-state index contributed by atoms with van der Waals surface area (Å²) >= 11 is 0. The van der Waals surface area contributed by atoms with Gasteiger partial charge in [0.05, 0.1) is 26.4 Å². The number of aliphatic hydroxyl groups is 1. The van der Waals surface area contributed by atoms with E-state index in [0.29, 0.717) is 12.9 Å². The van der Waals surface area contributed by atoms with Crippen molar-refractivity contribution in [2.24, 2.45) is 0 Å². The molecule has 162 valence electrons. The van der Waals surface area contributed by atoms with Crippen molar-refractivity contribution in [2.75, 3.05) is 6.61 Å². The quantitative estimate of drug-likeness (QED) is 0.425. The lowest BCUT2D eigenvalue weighted by Gasteiger charge is -2.30. The summed E-state index contributed by atoms with van der Waals surface area (Å²) in [6.07, 6.45) is -1.67. The SMILES string of the molecule is O=CC(OCc1ccccc1)C(OCc1ccccc1)C(CO)OCc1ccccc1. The van der Waals surface area contributed by atoms with Crippen LogP contribution in [-0.2, 0) is 38.8 Å². The molecule has 0 saturated carbocycles. The molecular formula is C26H28O5. The van der Waals surface area contributed by atoms with Crippen molar-refractivity contribution in [1.82, 2.24) is 0 Å². The van der Waals surface area contributed by atoms with Gasteiger partial charge in [-0.05, 0) is 16.7 Å². The standard InChI is InChI=1S/C26H28O5/c27-16-24(29-18-21-10-4-1-5-11-21)26(31-20-23-14-8-3-9-15-23)25(17-28)30-19-22-12-6-2-7-13-22/h1-16,24-26,28H,17-20H2. The van der Waals surface area contributed by atoms with Gasteiger partial charge in [-0.15, -0.1) is 0 Å². The fourth-order valence-electron chi connectivity index (χ4n) is 3.19. The summed E-state index contributed by atoms with van der Waals surface area (Å²) in [4.78, 5) is 11.9. The van der Waals surface area contributed by atoms with Crippen molar-refractivity contribution in [3.8, 4) is 0 Å². The third kappa shape index (κ3) is 7.42. The van der Waals surface area contributed by atoms with Gasteiger partial charge in [-0.25, -0.2) is 0 Å². The van der Waals surface area contributed by atoms with Crippen molar-refractivity contribution in [3.05, 3.63) is 108 Å². The van der Waals surface area contributed by atoms with E-state index in [1.807, 2.05) is 91.0 Å². The second-order valence-electron chi connectivity index (χ2n) is 7.18. The zero-order valence-corrected chi connectivity index (χ0v) is 17.4. The molecule has 5 nitrogen and oxygen atoms in total. The van der Waals surface area contributed by atoms with Gasteiger partial charge < -0.3 is 24.1 Å². The highest BCUT2D eigenvalue weighted by molar-refractivity contribution is 5.57. The highest BCUT2D eigenvalue weighted by Crippen LogP contribution is 2.17. The third-order valence-electron chi connectivity index (χ3n) is 4.88. The van der Waals surface area contributed by atoms with Crippen LogP contribution >= 0.6 is 0 Å². The summed E-state index contributed by atoms with van der Waals surface area (Å²) < 4.78 is 17.9. The van der Waals surface area contributed by atoms with Gasteiger partial charge in [0.25, 0.3) is 0 Å². The van der Waals surface area contributed by atoms with E-state index in [1.54, 1.807) is 0 Å². The molecule has 5 heteroatoms. The number of ether oxygens (including phenoxy) is 3. The maximum atomic E-state index is 11.9. The predicted molar refractivity (Wildman–Crippen MR) is 118 cm³/mol. The van der Waals surface area contributed by atoms with E-state index in [1.165, 1.54) is 0 Å². The largest absolute Gasteiger partial charge is 0.394 e. The minimum Gasteiger partial charge on any atom is -0.394 e. The van der Waals surface area contributed by atoms with Gasteiger partial charge in [0, 0.05) is 0 Å². The molecule has 3 atom stereocenters. The molecule has 0 saturated heterocycles. The number of aldehydes is 1. The Bertz CT molecular complexity index is 870. The van der Waals surface area contributed by atoms with Crippen LogP contribution in [0.3, 0.4) is 0 Å². The number of rotatable bonds is 13. The first kappa shape index (κ1) is 22.8. The molecule has 0 bridgehead atoms. The monoisotopic (exact) mass is 420 g/mol. The second kappa shape index (κ2) is 12.8. The van der Waals surface area contributed by atoms with Crippen LogP contribution in [0, 0.1) is 0 Å². The second-order valence-corrected chi connectivity index (χ2v) is 7.18. The molecule has 3 aromatic carbocycles. The number of hydrogen-bond donors (Lipinski definition) is 1. The lowest BCUT2D eigenvalue weighted by molar-refractivity contribution is -0.165.